The Morgan fingerprint density at radius 3 is 2.07 bits per heavy atom. The summed E-state index contributed by atoms with van der Waals surface area (Å²) >= 11 is 3.44. The topological polar surface area (TPSA) is 86.8 Å². The molecule has 1 N–H and O–H groups in total. The van der Waals surface area contributed by atoms with Gasteiger partial charge in [0.2, 0.25) is 11.8 Å². The van der Waals surface area contributed by atoms with Gasteiger partial charge in [0.05, 0.1) is 10.6 Å². The maximum atomic E-state index is 14.4. The molecule has 10 heteroatoms. The quantitative estimate of drug-likeness (QED) is 0.158. The lowest BCUT2D eigenvalue weighted by Gasteiger charge is -2.34. The number of rotatable bonds is 14. The van der Waals surface area contributed by atoms with Gasteiger partial charge in [0, 0.05) is 24.0 Å². The summed E-state index contributed by atoms with van der Waals surface area (Å²) in [5.74, 6) is -1.46. The smallest absolute Gasteiger partial charge is 0.264 e. The van der Waals surface area contributed by atoms with Crippen LogP contribution in [0.25, 0.3) is 0 Å². The van der Waals surface area contributed by atoms with E-state index >= 15 is 0 Å². The fourth-order valence-corrected chi connectivity index (χ4v) is 6.38. The Morgan fingerprint density at radius 2 is 1.45 bits per heavy atom. The number of sulfonamides is 1. The zero-order valence-electron chi connectivity index (χ0n) is 24.4. The van der Waals surface area contributed by atoms with E-state index in [0.717, 1.165) is 44.9 Å². The minimum absolute atomic E-state index is 0.0734. The molecule has 0 aliphatic carbocycles. The van der Waals surface area contributed by atoms with Gasteiger partial charge in [0.1, 0.15) is 18.4 Å². The molecular weight excluding hydrogens is 645 g/mol. The lowest BCUT2D eigenvalue weighted by molar-refractivity contribution is -0.140. The lowest BCUT2D eigenvalue weighted by Crippen LogP contribution is -2.53. The van der Waals surface area contributed by atoms with Crippen LogP contribution in [-0.2, 0) is 32.6 Å². The molecule has 1 atom stereocenters. The van der Waals surface area contributed by atoms with Crippen molar-refractivity contribution in [3.8, 4) is 0 Å². The molecule has 4 rings (SSSR count). The van der Waals surface area contributed by atoms with Gasteiger partial charge in [0.25, 0.3) is 10.0 Å². The molecule has 0 saturated carbocycles. The third-order valence-electron chi connectivity index (χ3n) is 7.09. The zero-order valence-corrected chi connectivity index (χ0v) is 26.8. The van der Waals surface area contributed by atoms with E-state index in [1.54, 1.807) is 30.3 Å². The number of para-hydroxylation sites is 1. The normalized spacial score (nSPS) is 11.9. The Kier molecular flexibility index (Phi) is 11.7. The number of anilines is 1. The molecule has 4 aromatic rings. The second kappa shape index (κ2) is 15.6. The van der Waals surface area contributed by atoms with Gasteiger partial charge in [-0.25, -0.2) is 12.8 Å². The van der Waals surface area contributed by atoms with Gasteiger partial charge < -0.3 is 10.2 Å². The van der Waals surface area contributed by atoms with Crippen molar-refractivity contribution < 1.29 is 22.4 Å². The second-order valence-electron chi connectivity index (χ2n) is 10.3. The van der Waals surface area contributed by atoms with Crippen LogP contribution in [0.3, 0.4) is 0 Å². The summed E-state index contributed by atoms with van der Waals surface area (Å²) in [5.41, 5.74) is 1.89. The molecule has 0 saturated heterocycles. The fraction of sp³-hybridized carbons (Fsp3) is 0.235. The highest BCUT2D eigenvalue weighted by atomic mass is 79.9. The molecular formula is C34H35BrFN3O4S. The van der Waals surface area contributed by atoms with Crippen molar-refractivity contribution >= 4 is 43.5 Å². The number of carbonyl (C=O) groups is 2. The number of hydrogen-bond donors (Lipinski definition) is 1. The Morgan fingerprint density at radius 1 is 0.841 bits per heavy atom. The number of unbranched alkanes of at least 4 members (excludes halogenated alkanes) is 1. The highest BCUT2D eigenvalue weighted by Crippen LogP contribution is 2.25. The molecule has 2 amide bonds. The highest BCUT2D eigenvalue weighted by Gasteiger charge is 2.34. The average molecular weight is 681 g/mol. The molecule has 0 aliphatic heterocycles. The van der Waals surface area contributed by atoms with Crippen molar-refractivity contribution in [2.24, 2.45) is 0 Å². The highest BCUT2D eigenvalue weighted by molar-refractivity contribution is 9.10. The van der Waals surface area contributed by atoms with Crippen LogP contribution in [0, 0.1) is 5.82 Å². The zero-order chi connectivity index (χ0) is 31.5. The second-order valence-corrected chi connectivity index (χ2v) is 13.1. The van der Waals surface area contributed by atoms with Crippen LogP contribution < -0.4 is 9.62 Å². The van der Waals surface area contributed by atoms with E-state index in [9.17, 15) is 22.4 Å². The van der Waals surface area contributed by atoms with Gasteiger partial charge >= 0.3 is 0 Å². The van der Waals surface area contributed by atoms with E-state index in [0.29, 0.717) is 6.54 Å². The first-order valence-corrected chi connectivity index (χ1v) is 16.6. The molecule has 44 heavy (non-hydrogen) atoms. The average Bonchev–Trinajstić information content (AvgIpc) is 3.03. The van der Waals surface area contributed by atoms with Gasteiger partial charge in [-0.05, 0) is 66.1 Å². The van der Waals surface area contributed by atoms with Crippen LogP contribution in [0.2, 0.25) is 0 Å². The number of amides is 2. The fourth-order valence-electron chi connectivity index (χ4n) is 4.70. The molecule has 4 aromatic carbocycles. The molecule has 0 spiro atoms. The molecule has 0 aliphatic rings. The van der Waals surface area contributed by atoms with Crippen LogP contribution in [0.5, 0.6) is 0 Å². The van der Waals surface area contributed by atoms with E-state index < -0.39 is 34.3 Å². The number of carbonyl (C=O) groups excluding carboxylic acids is 2. The van der Waals surface area contributed by atoms with Crippen LogP contribution in [0.4, 0.5) is 10.1 Å². The minimum Gasteiger partial charge on any atom is -0.354 e. The molecule has 0 heterocycles. The van der Waals surface area contributed by atoms with Gasteiger partial charge in [-0.1, -0.05) is 89.9 Å². The first-order chi connectivity index (χ1) is 21.2. The maximum absolute atomic E-state index is 14.4. The first-order valence-electron chi connectivity index (χ1n) is 14.4. The summed E-state index contributed by atoms with van der Waals surface area (Å²) < 4.78 is 43.4. The first kappa shape index (κ1) is 32.9. The summed E-state index contributed by atoms with van der Waals surface area (Å²) in [7, 11) is -4.29. The third-order valence-corrected chi connectivity index (χ3v) is 9.41. The Labute approximate surface area is 266 Å². The van der Waals surface area contributed by atoms with Crippen LogP contribution in [0.1, 0.15) is 30.9 Å². The van der Waals surface area contributed by atoms with Crippen molar-refractivity contribution in [1.29, 1.82) is 0 Å². The SMILES string of the molecule is CCCCNC(=O)C(Cc1ccccc1)N(Cc1ccc(Br)cc1)C(=O)CN(c1ccccc1)S(=O)(=O)c1ccc(F)cc1. The van der Waals surface area contributed by atoms with Crippen LogP contribution in [0.15, 0.2) is 119 Å². The molecule has 0 bridgehead atoms. The Hall–Kier alpha value is -4.02. The number of hydrogen-bond acceptors (Lipinski definition) is 4. The maximum Gasteiger partial charge on any atom is 0.264 e. The van der Waals surface area contributed by atoms with Crippen LogP contribution >= 0.6 is 15.9 Å². The van der Waals surface area contributed by atoms with Crippen molar-refractivity contribution in [3.63, 3.8) is 0 Å². The number of benzene rings is 4. The monoisotopic (exact) mass is 679 g/mol. The van der Waals surface area contributed by atoms with Gasteiger partial charge in [-0.3, -0.25) is 13.9 Å². The van der Waals surface area contributed by atoms with Gasteiger partial charge in [0.15, 0.2) is 0 Å². The van der Waals surface area contributed by atoms with E-state index in [1.807, 2.05) is 61.5 Å². The molecule has 0 fully saturated rings. The van der Waals surface area contributed by atoms with Crippen molar-refractivity contribution in [2.45, 2.75) is 43.7 Å². The molecule has 230 valence electrons. The molecule has 1 unspecified atom stereocenters. The summed E-state index contributed by atoms with van der Waals surface area (Å²) in [5, 5.41) is 2.97. The lowest BCUT2D eigenvalue weighted by atomic mass is 10.0. The Balaban J connectivity index is 1.76. The van der Waals surface area contributed by atoms with Crippen molar-refractivity contribution in [1.82, 2.24) is 10.2 Å². The number of nitrogens with zero attached hydrogens (tertiary/aromatic N) is 2. The van der Waals surface area contributed by atoms with E-state index in [4.69, 9.17) is 0 Å². The van der Waals surface area contributed by atoms with E-state index in [2.05, 4.69) is 21.2 Å². The molecule has 0 radical (unpaired) electrons. The summed E-state index contributed by atoms with van der Waals surface area (Å²) in [6.45, 7) is 1.98. The molecule has 0 aromatic heterocycles. The van der Waals surface area contributed by atoms with E-state index in [-0.39, 0.29) is 29.5 Å². The third kappa shape index (κ3) is 8.76. The number of halogens is 2. The predicted molar refractivity (Wildman–Crippen MR) is 174 cm³/mol. The standard InChI is InChI=1S/C34H35BrFN3O4S/c1-2-3-22-37-34(41)32(23-26-10-6-4-7-11-26)38(24-27-14-16-28(35)17-15-27)33(40)25-39(30-12-8-5-9-13-30)44(42,43)31-20-18-29(36)19-21-31/h4-21,32H,2-3,22-25H2,1H3,(H,37,41). The van der Waals surface area contributed by atoms with Crippen molar-refractivity contribution in [3.05, 3.63) is 131 Å². The molecule has 7 nitrogen and oxygen atoms in total. The minimum atomic E-state index is -4.29. The van der Waals surface area contributed by atoms with Crippen molar-refractivity contribution in [2.75, 3.05) is 17.4 Å². The summed E-state index contributed by atoms with van der Waals surface area (Å²) in [4.78, 5) is 29.4. The van der Waals surface area contributed by atoms with Gasteiger partial charge in [-0.15, -0.1) is 0 Å². The largest absolute Gasteiger partial charge is 0.354 e. The van der Waals surface area contributed by atoms with Crippen LogP contribution in [-0.4, -0.2) is 44.3 Å². The predicted octanol–water partition coefficient (Wildman–Crippen LogP) is 6.34. The summed E-state index contributed by atoms with van der Waals surface area (Å²) in [6.07, 6.45) is 1.90. The Bertz CT molecular complexity index is 1620. The van der Waals surface area contributed by atoms with Gasteiger partial charge in [-0.2, -0.15) is 0 Å². The summed E-state index contributed by atoms with van der Waals surface area (Å²) in [6, 6.07) is 28.6. The number of nitrogens with one attached hydrogen (secondary N) is 1. The van der Waals surface area contributed by atoms with E-state index in [1.165, 1.54) is 17.0 Å².